The van der Waals surface area contributed by atoms with E-state index in [1.165, 1.54) is 77.6 Å². The molecule has 0 radical (unpaired) electrons. The Hall–Kier alpha value is -0.920. The van der Waals surface area contributed by atoms with Crippen LogP contribution >= 0.6 is 0 Å². The van der Waals surface area contributed by atoms with Crippen molar-refractivity contribution in [3.63, 3.8) is 0 Å². The molecule has 0 heterocycles. The van der Waals surface area contributed by atoms with Gasteiger partial charge < -0.3 is 0 Å². The first-order valence-corrected chi connectivity index (χ1v) is 9.83. The highest BCUT2D eigenvalue weighted by molar-refractivity contribution is 5.97. The Bertz CT molecular complexity index is 318. The van der Waals surface area contributed by atoms with Crippen molar-refractivity contribution < 1.29 is 9.59 Å². The summed E-state index contributed by atoms with van der Waals surface area (Å²) < 4.78 is 0. The molecule has 23 heavy (non-hydrogen) atoms. The molecule has 0 aliphatic heterocycles. The number of Topliss-reactive ketones (excluding diaryl/α,β-unsaturated/α-hetero) is 2. The minimum Gasteiger partial charge on any atom is -0.300 e. The molecule has 0 aromatic rings. The van der Waals surface area contributed by atoms with E-state index in [1.807, 2.05) is 0 Å². The lowest BCUT2D eigenvalue weighted by atomic mass is 10.1. The summed E-state index contributed by atoms with van der Waals surface area (Å²) in [5.74, 6) is 0.0953. The molecule has 0 aromatic heterocycles. The molecule has 134 valence electrons. The molecule has 0 bridgehead atoms. The van der Waals surface area contributed by atoms with E-state index in [-0.39, 0.29) is 18.0 Å². The van der Waals surface area contributed by atoms with Crippen molar-refractivity contribution in [2.75, 3.05) is 0 Å². The Balaban J connectivity index is 3.19. The third-order valence-corrected chi connectivity index (χ3v) is 4.16. The lowest BCUT2D eigenvalue weighted by molar-refractivity contribution is -0.125. The molecule has 0 aromatic carbocycles. The summed E-state index contributed by atoms with van der Waals surface area (Å²) >= 11 is 0. The summed E-state index contributed by atoms with van der Waals surface area (Å²) in [6.07, 6.45) is 21.8. The second-order valence-electron chi connectivity index (χ2n) is 6.75. The average Bonchev–Trinajstić information content (AvgIpc) is 2.50. The van der Waals surface area contributed by atoms with E-state index >= 15 is 0 Å². The molecule has 2 nitrogen and oxygen atoms in total. The number of ketones is 2. The fourth-order valence-corrected chi connectivity index (χ4v) is 2.76. The van der Waals surface area contributed by atoms with Crippen LogP contribution in [0.3, 0.4) is 0 Å². The van der Waals surface area contributed by atoms with Crippen molar-refractivity contribution >= 4 is 11.6 Å². The summed E-state index contributed by atoms with van der Waals surface area (Å²) in [5, 5.41) is 0. The van der Waals surface area contributed by atoms with Gasteiger partial charge in [-0.2, -0.15) is 0 Å². The van der Waals surface area contributed by atoms with Gasteiger partial charge in [-0.1, -0.05) is 70.4 Å². The third kappa shape index (κ3) is 19.0. The maximum absolute atomic E-state index is 11.4. The Morgan fingerprint density at radius 2 is 1.17 bits per heavy atom. The molecule has 0 unspecified atom stereocenters. The number of hydrogen-bond donors (Lipinski definition) is 0. The smallest absolute Gasteiger partial charge is 0.140 e. The molecule has 0 saturated carbocycles. The predicted molar refractivity (Wildman–Crippen MR) is 99.8 cm³/mol. The van der Waals surface area contributed by atoms with Crippen LogP contribution in [0, 0.1) is 0 Å². The second kappa shape index (κ2) is 17.4. The van der Waals surface area contributed by atoms with Gasteiger partial charge in [0, 0.05) is 6.42 Å². The van der Waals surface area contributed by atoms with Crippen LogP contribution < -0.4 is 0 Å². The molecule has 0 fully saturated rings. The van der Waals surface area contributed by atoms with Crippen molar-refractivity contribution in [1.29, 1.82) is 0 Å². The summed E-state index contributed by atoms with van der Waals surface area (Å²) in [6.45, 7) is 3.74. The third-order valence-electron chi connectivity index (χ3n) is 4.16. The fraction of sp³-hybridized carbons (Fsp3) is 0.810. The zero-order valence-corrected chi connectivity index (χ0v) is 15.6. The molecular weight excluding hydrogens is 284 g/mol. The maximum atomic E-state index is 11.4. The van der Waals surface area contributed by atoms with Crippen molar-refractivity contribution in [3.05, 3.63) is 12.2 Å². The van der Waals surface area contributed by atoms with E-state index in [0.29, 0.717) is 6.42 Å². The zero-order valence-electron chi connectivity index (χ0n) is 15.6. The lowest BCUT2D eigenvalue weighted by Gasteiger charge is -2.00. The first kappa shape index (κ1) is 22.1. The van der Waals surface area contributed by atoms with Gasteiger partial charge in [0.15, 0.2) is 0 Å². The first-order chi connectivity index (χ1) is 11.2. The first-order valence-electron chi connectivity index (χ1n) is 9.83. The molecule has 0 spiro atoms. The largest absolute Gasteiger partial charge is 0.300 e. The van der Waals surface area contributed by atoms with Gasteiger partial charge in [-0.05, 0) is 39.0 Å². The van der Waals surface area contributed by atoms with Crippen LogP contribution in [-0.4, -0.2) is 11.6 Å². The lowest BCUT2D eigenvalue weighted by Crippen LogP contribution is -2.03. The fourth-order valence-electron chi connectivity index (χ4n) is 2.76. The molecule has 0 aliphatic carbocycles. The van der Waals surface area contributed by atoms with E-state index in [9.17, 15) is 9.59 Å². The molecule has 0 amide bonds. The minimum atomic E-state index is -0.0113. The van der Waals surface area contributed by atoms with E-state index < -0.39 is 0 Å². The molecule has 0 rings (SSSR count). The van der Waals surface area contributed by atoms with Crippen molar-refractivity contribution in [2.45, 2.75) is 110 Å². The number of carbonyl (C=O) groups excluding carboxylic acids is 2. The van der Waals surface area contributed by atoms with Crippen LogP contribution in [-0.2, 0) is 9.59 Å². The molecule has 2 heteroatoms. The van der Waals surface area contributed by atoms with Gasteiger partial charge in [0.05, 0.1) is 6.42 Å². The summed E-state index contributed by atoms with van der Waals surface area (Å²) in [7, 11) is 0. The van der Waals surface area contributed by atoms with Gasteiger partial charge in [-0.3, -0.25) is 9.59 Å². The van der Waals surface area contributed by atoms with Crippen LogP contribution in [0.2, 0.25) is 0 Å². The molecular formula is C21H38O2. The van der Waals surface area contributed by atoms with E-state index in [0.717, 1.165) is 12.8 Å². The quantitative estimate of drug-likeness (QED) is 0.172. The standard InChI is InChI=1S/C21H38O2/c1-3-4-5-6-7-8-9-10-11-12-13-14-15-16-17-18-21(23)19-20(2)22/h10-11H,3-9,12-19H2,1-2H3/b11-10-. The number of carbonyl (C=O) groups is 2. The number of hydrogen-bond acceptors (Lipinski definition) is 2. The summed E-state index contributed by atoms with van der Waals surface area (Å²) in [4.78, 5) is 22.1. The van der Waals surface area contributed by atoms with E-state index in [1.54, 1.807) is 0 Å². The van der Waals surface area contributed by atoms with Crippen LogP contribution in [0.1, 0.15) is 110 Å². The topological polar surface area (TPSA) is 34.1 Å². The monoisotopic (exact) mass is 322 g/mol. The summed E-state index contributed by atoms with van der Waals surface area (Å²) in [6, 6.07) is 0. The van der Waals surface area contributed by atoms with E-state index in [2.05, 4.69) is 19.1 Å². The normalized spacial score (nSPS) is 11.2. The van der Waals surface area contributed by atoms with Gasteiger partial charge in [-0.25, -0.2) is 0 Å². The highest BCUT2D eigenvalue weighted by Gasteiger charge is 2.04. The Kier molecular flexibility index (Phi) is 16.7. The zero-order chi connectivity index (χ0) is 17.2. The SMILES string of the molecule is CCCCCCCC/C=C\CCCCCCCC(=O)CC(C)=O. The average molecular weight is 323 g/mol. The van der Waals surface area contributed by atoms with Crippen molar-refractivity contribution in [2.24, 2.45) is 0 Å². The maximum Gasteiger partial charge on any atom is 0.140 e. The Labute approximate surface area is 144 Å². The number of unbranched alkanes of at least 4 members (excludes halogenated alkanes) is 11. The van der Waals surface area contributed by atoms with Crippen LogP contribution in [0.5, 0.6) is 0 Å². The van der Waals surface area contributed by atoms with Crippen molar-refractivity contribution in [3.8, 4) is 0 Å². The molecule has 0 N–H and O–H groups in total. The van der Waals surface area contributed by atoms with Crippen LogP contribution in [0.4, 0.5) is 0 Å². The Morgan fingerprint density at radius 3 is 1.70 bits per heavy atom. The molecule has 0 aliphatic rings. The van der Waals surface area contributed by atoms with Crippen molar-refractivity contribution in [1.82, 2.24) is 0 Å². The highest BCUT2D eigenvalue weighted by atomic mass is 16.1. The van der Waals surface area contributed by atoms with Gasteiger partial charge in [0.25, 0.3) is 0 Å². The van der Waals surface area contributed by atoms with Gasteiger partial charge in [-0.15, -0.1) is 0 Å². The van der Waals surface area contributed by atoms with Crippen LogP contribution in [0.25, 0.3) is 0 Å². The van der Waals surface area contributed by atoms with E-state index in [4.69, 9.17) is 0 Å². The highest BCUT2D eigenvalue weighted by Crippen LogP contribution is 2.10. The number of allylic oxidation sites excluding steroid dienone is 2. The Morgan fingerprint density at radius 1 is 0.696 bits per heavy atom. The summed E-state index contributed by atoms with van der Waals surface area (Å²) in [5.41, 5.74) is 0. The predicted octanol–water partition coefficient (Wildman–Crippen LogP) is 6.57. The van der Waals surface area contributed by atoms with Gasteiger partial charge in [0.1, 0.15) is 11.6 Å². The van der Waals surface area contributed by atoms with Gasteiger partial charge >= 0.3 is 0 Å². The molecule has 0 atom stereocenters. The minimum absolute atomic E-state index is 0.0113. The molecule has 0 saturated heterocycles. The van der Waals surface area contributed by atoms with Gasteiger partial charge in [0.2, 0.25) is 0 Å². The second-order valence-corrected chi connectivity index (χ2v) is 6.75. The number of rotatable bonds is 17. The van der Waals surface area contributed by atoms with Crippen LogP contribution in [0.15, 0.2) is 12.2 Å².